The van der Waals surface area contributed by atoms with Crippen molar-refractivity contribution in [2.75, 3.05) is 6.66 Å². The Kier molecular flexibility index (Phi) is 3.65. The van der Waals surface area contributed by atoms with Crippen LogP contribution in [0.5, 0.6) is 0 Å². The highest BCUT2D eigenvalue weighted by atomic mass is 31.2. The van der Waals surface area contributed by atoms with Gasteiger partial charge in [-0.25, -0.2) is 9.37 Å². The lowest BCUT2D eigenvalue weighted by atomic mass is 10.3. The van der Waals surface area contributed by atoms with Crippen LogP contribution in [0, 0.1) is 0 Å². The molecule has 2 rings (SSSR count). The first-order valence-electron chi connectivity index (χ1n) is 5.52. The van der Waals surface area contributed by atoms with Gasteiger partial charge in [0.15, 0.2) is 0 Å². The monoisotopic (exact) mass is 322 g/mol. The smallest absolute Gasteiger partial charge is 0.342 e. The molecule has 2 heterocycles. The summed E-state index contributed by atoms with van der Waals surface area (Å²) in [6.07, 6.45) is 1.83. The molecule has 2 atom stereocenters. The number of hydrogen-bond donors (Lipinski definition) is 3. The Hall–Kier alpha value is -1.04. The number of pyridine rings is 1. The standard InChI is InChI=1S/C10H13FN2O5P2/c1-19(14,15)10(11,20(16,17)18)6-8-7-12-9-4-2-3-5-13(8)9/h2-5,7H,6H2,1H3,(H,14,15)(H2,16,17,18). The van der Waals surface area contributed by atoms with E-state index in [-0.39, 0.29) is 5.69 Å². The van der Waals surface area contributed by atoms with Crippen molar-refractivity contribution in [3.05, 3.63) is 36.3 Å². The molecule has 2 aromatic rings. The zero-order valence-corrected chi connectivity index (χ0v) is 12.2. The van der Waals surface area contributed by atoms with E-state index in [2.05, 4.69) is 4.98 Å². The minimum Gasteiger partial charge on any atom is -0.342 e. The summed E-state index contributed by atoms with van der Waals surface area (Å²) >= 11 is 0. The van der Waals surface area contributed by atoms with Gasteiger partial charge in [0.1, 0.15) is 5.65 Å². The molecule has 20 heavy (non-hydrogen) atoms. The van der Waals surface area contributed by atoms with Crippen LogP contribution < -0.4 is 0 Å². The van der Waals surface area contributed by atoms with Crippen LogP contribution in [0.15, 0.2) is 30.6 Å². The second-order valence-corrected chi connectivity index (χ2v) is 9.11. The van der Waals surface area contributed by atoms with Gasteiger partial charge < -0.3 is 19.1 Å². The predicted molar refractivity (Wildman–Crippen MR) is 70.5 cm³/mol. The van der Waals surface area contributed by atoms with Gasteiger partial charge in [0.25, 0.3) is 5.15 Å². The summed E-state index contributed by atoms with van der Waals surface area (Å²) in [6.45, 7) is 0.593. The molecule has 2 unspecified atom stereocenters. The first-order chi connectivity index (χ1) is 9.06. The highest BCUT2D eigenvalue weighted by molar-refractivity contribution is 7.74. The largest absolute Gasteiger partial charge is 0.372 e. The van der Waals surface area contributed by atoms with Gasteiger partial charge in [-0.3, -0.25) is 9.13 Å². The van der Waals surface area contributed by atoms with Crippen molar-refractivity contribution in [2.45, 2.75) is 11.6 Å². The minimum atomic E-state index is -5.45. The first-order valence-corrected chi connectivity index (χ1v) is 9.24. The molecular weight excluding hydrogens is 309 g/mol. The van der Waals surface area contributed by atoms with Crippen LogP contribution in [0.25, 0.3) is 5.65 Å². The molecule has 0 radical (unpaired) electrons. The van der Waals surface area contributed by atoms with Gasteiger partial charge in [-0.1, -0.05) is 6.07 Å². The summed E-state index contributed by atoms with van der Waals surface area (Å²) in [4.78, 5) is 31.6. The van der Waals surface area contributed by atoms with E-state index in [1.54, 1.807) is 18.2 Å². The summed E-state index contributed by atoms with van der Waals surface area (Å²) < 4.78 is 38.9. The molecule has 10 heteroatoms. The Morgan fingerprint density at radius 2 is 2.00 bits per heavy atom. The number of nitrogens with zero attached hydrogens (tertiary/aromatic N) is 2. The minimum absolute atomic E-state index is 0.0996. The molecular formula is C10H13FN2O5P2. The van der Waals surface area contributed by atoms with Crippen LogP contribution in [0.2, 0.25) is 0 Å². The van der Waals surface area contributed by atoms with Crippen molar-refractivity contribution in [3.8, 4) is 0 Å². The number of hydrogen-bond acceptors (Lipinski definition) is 3. The van der Waals surface area contributed by atoms with Gasteiger partial charge in [0.05, 0.1) is 0 Å². The number of fused-ring (bicyclic) bond motifs is 1. The van der Waals surface area contributed by atoms with E-state index < -0.39 is 26.5 Å². The number of halogens is 1. The number of rotatable bonds is 4. The quantitative estimate of drug-likeness (QED) is 0.737. The van der Waals surface area contributed by atoms with Gasteiger partial charge in [-0.05, 0) is 12.1 Å². The average molecular weight is 322 g/mol. The van der Waals surface area contributed by atoms with Crippen LogP contribution in [0.4, 0.5) is 4.39 Å². The lowest BCUT2D eigenvalue weighted by Crippen LogP contribution is -2.26. The van der Waals surface area contributed by atoms with E-state index in [1.165, 1.54) is 16.8 Å². The lowest BCUT2D eigenvalue weighted by molar-refractivity contribution is 0.250. The molecule has 0 aliphatic carbocycles. The predicted octanol–water partition coefficient (Wildman–Crippen LogP) is 1.58. The number of imidazole rings is 1. The molecule has 2 aromatic heterocycles. The maximum absolute atomic E-state index is 14.6. The highest BCUT2D eigenvalue weighted by Crippen LogP contribution is 2.71. The molecule has 110 valence electrons. The Bertz CT molecular complexity index is 712. The molecule has 0 spiro atoms. The van der Waals surface area contributed by atoms with E-state index in [1.807, 2.05) is 0 Å². The van der Waals surface area contributed by atoms with Crippen LogP contribution in [-0.4, -0.2) is 35.9 Å². The molecule has 0 fully saturated rings. The van der Waals surface area contributed by atoms with Crippen molar-refractivity contribution >= 4 is 20.6 Å². The topological polar surface area (TPSA) is 112 Å². The third kappa shape index (κ3) is 2.45. The average Bonchev–Trinajstić information content (AvgIpc) is 2.70. The normalized spacial score (nSPS) is 18.6. The Labute approximate surface area is 113 Å². The van der Waals surface area contributed by atoms with Gasteiger partial charge in [0, 0.05) is 31.2 Å². The number of alkyl halides is 1. The Morgan fingerprint density at radius 3 is 2.55 bits per heavy atom. The maximum atomic E-state index is 14.6. The van der Waals surface area contributed by atoms with Crippen LogP contribution in [0.3, 0.4) is 0 Å². The van der Waals surface area contributed by atoms with Crippen LogP contribution in [-0.2, 0) is 15.6 Å². The summed E-state index contributed by atoms with van der Waals surface area (Å²) in [7, 11) is -10.1. The van der Waals surface area contributed by atoms with Crippen molar-refractivity contribution < 1.29 is 28.2 Å². The molecule has 0 aromatic carbocycles. The zero-order valence-electron chi connectivity index (χ0n) is 10.4. The molecule has 0 aliphatic rings. The molecule has 0 saturated heterocycles. The second-order valence-electron chi connectivity index (χ2n) is 4.50. The number of aromatic nitrogens is 2. The Morgan fingerprint density at radius 1 is 1.35 bits per heavy atom. The Balaban J connectivity index is 2.55. The highest BCUT2D eigenvalue weighted by Gasteiger charge is 2.59. The van der Waals surface area contributed by atoms with Crippen molar-refractivity contribution in [1.29, 1.82) is 0 Å². The van der Waals surface area contributed by atoms with E-state index in [4.69, 9.17) is 9.79 Å². The summed E-state index contributed by atoms with van der Waals surface area (Å²) in [5, 5.41) is -3.54. The molecule has 0 bridgehead atoms. The fourth-order valence-corrected chi connectivity index (χ4v) is 4.59. The summed E-state index contributed by atoms with van der Waals surface area (Å²) in [5.74, 6) is 0. The fraction of sp³-hybridized carbons (Fsp3) is 0.300. The SMILES string of the molecule is CP(=O)(O)C(F)(Cc1cnc2ccccn12)P(=O)(O)O. The molecule has 3 N–H and O–H groups in total. The van der Waals surface area contributed by atoms with Gasteiger partial charge in [-0.15, -0.1) is 0 Å². The van der Waals surface area contributed by atoms with Gasteiger partial charge in [0.2, 0.25) is 7.37 Å². The van der Waals surface area contributed by atoms with Crippen LogP contribution >= 0.6 is 15.0 Å². The molecule has 7 nitrogen and oxygen atoms in total. The van der Waals surface area contributed by atoms with Crippen molar-refractivity contribution in [2.24, 2.45) is 0 Å². The van der Waals surface area contributed by atoms with E-state index >= 15 is 0 Å². The van der Waals surface area contributed by atoms with Crippen molar-refractivity contribution in [3.63, 3.8) is 0 Å². The van der Waals surface area contributed by atoms with Gasteiger partial charge in [-0.2, -0.15) is 0 Å². The van der Waals surface area contributed by atoms with E-state index in [0.29, 0.717) is 12.3 Å². The first kappa shape index (κ1) is 15.4. The van der Waals surface area contributed by atoms with E-state index in [0.717, 1.165) is 0 Å². The fourth-order valence-electron chi connectivity index (χ4n) is 1.84. The third-order valence-corrected chi connectivity index (χ3v) is 7.36. The lowest BCUT2D eigenvalue weighted by Gasteiger charge is -2.28. The zero-order chi connectivity index (χ0) is 15.2. The molecule has 0 amide bonds. The third-order valence-electron chi connectivity index (χ3n) is 2.98. The van der Waals surface area contributed by atoms with Gasteiger partial charge >= 0.3 is 7.60 Å². The second kappa shape index (κ2) is 4.76. The maximum Gasteiger partial charge on any atom is 0.372 e. The van der Waals surface area contributed by atoms with E-state index in [9.17, 15) is 18.4 Å². The molecule has 0 aliphatic heterocycles. The van der Waals surface area contributed by atoms with Crippen LogP contribution in [0.1, 0.15) is 5.69 Å². The summed E-state index contributed by atoms with van der Waals surface area (Å²) in [6, 6.07) is 4.93. The van der Waals surface area contributed by atoms with Crippen molar-refractivity contribution in [1.82, 2.24) is 9.38 Å². The summed E-state index contributed by atoms with van der Waals surface area (Å²) in [5.41, 5.74) is 0.544. The molecule has 0 saturated carbocycles.